The van der Waals surface area contributed by atoms with Gasteiger partial charge in [-0.3, -0.25) is 0 Å². The summed E-state index contributed by atoms with van der Waals surface area (Å²) < 4.78 is 5.65. The quantitative estimate of drug-likeness (QED) is 0.397. The zero-order valence-electron chi connectivity index (χ0n) is 16.1. The number of nitrogens with zero attached hydrogens (tertiary/aromatic N) is 1. The number of hydrogen-bond donors (Lipinski definition) is 0. The number of allylic oxidation sites excluding steroid dienone is 4. The van der Waals surface area contributed by atoms with E-state index < -0.39 is 0 Å². The maximum atomic E-state index is 5.65. The van der Waals surface area contributed by atoms with Gasteiger partial charge >= 0.3 is 0 Å². The summed E-state index contributed by atoms with van der Waals surface area (Å²) in [5.41, 5.74) is 0.00766. The van der Waals surface area contributed by atoms with E-state index in [9.17, 15) is 0 Å². The van der Waals surface area contributed by atoms with Crippen LogP contribution in [0.1, 0.15) is 85.0 Å². The molecule has 2 heteroatoms. The maximum absolute atomic E-state index is 5.65. The van der Waals surface area contributed by atoms with Gasteiger partial charge in [0.2, 0.25) is 0 Å². The number of aliphatic imine (C=N–C) groups is 1. The molecule has 0 radical (unpaired) electrons. The lowest BCUT2D eigenvalue weighted by Gasteiger charge is -2.23. The Balaban J connectivity index is 1.47. The summed E-state index contributed by atoms with van der Waals surface area (Å²) in [6.07, 6.45) is 22.4. The summed E-state index contributed by atoms with van der Waals surface area (Å²) in [6, 6.07) is 0. The van der Waals surface area contributed by atoms with Crippen LogP contribution in [0.4, 0.5) is 0 Å². The number of hydrogen-bond acceptors (Lipinski definition) is 2. The first-order valence-corrected chi connectivity index (χ1v) is 10.2. The zero-order chi connectivity index (χ0) is 17.3. The summed E-state index contributed by atoms with van der Waals surface area (Å²) in [6.45, 7) is 7.34. The van der Waals surface area contributed by atoms with Crippen molar-refractivity contribution in [2.45, 2.75) is 90.5 Å². The Morgan fingerprint density at radius 2 is 1.58 bits per heavy atom. The second-order valence-corrected chi connectivity index (χ2v) is 8.15. The largest absolute Gasteiger partial charge is 0.478 e. The normalized spacial score (nSPS) is 24.9. The van der Waals surface area contributed by atoms with Crippen molar-refractivity contribution < 1.29 is 4.74 Å². The summed E-state index contributed by atoms with van der Waals surface area (Å²) in [5, 5.41) is 0. The lowest BCUT2D eigenvalue weighted by Crippen LogP contribution is -2.17. The number of ether oxygens (including phenoxy) is 1. The molecule has 0 bridgehead atoms. The highest BCUT2D eigenvalue weighted by molar-refractivity contribution is 5.78. The number of unbranched alkanes of at least 4 members (excludes halogenated alkanes) is 5. The molecule has 1 heterocycles. The summed E-state index contributed by atoms with van der Waals surface area (Å²) >= 11 is 0. The second kappa shape index (κ2) is 10.1. The minimum Gasteiger partial charge on any atom is -0.478 e. The van der Waals surface area contributed by atoms with E-state index in [1.54, 1.807) is 0 Å². The van der Waals surface area contributed by atoms with Crippen LogP contribution in [0.3, 0.4) is 0 Å². The summed E-state index contributed by atoms with van der Waals surface area (Å²) in [5.74, 6) is 2.56. The van der Waals surface area contributed by atoms with Gasteiger partial charge in [-0.25, -0.2) is 4.99 Å². The predicted octanol–water partition coefficient (Wildman–Crippen LogP) is 6.47. The van der Waals surface area contributed by atoms with E-state index in [1.807, 2.05) is 0 Å². The molecule has 1 aliphatic carbocycles. The molecule has 0 amide bonds. The highest BCUT2D eigenvalue weighted by Gasteiger charge is 2.25. The van der Waals surface area contributed by atoms with Crippen LogP contribution in [-0.4, -0.2) is 18.0 Å². The van der Waals surface area contributed by atoms with Gasteiger partial charge in [0.1, 0.15) is 6.61 Å². The van der Waals surface area contributed by atoms with Gasteiger partial charge in [-0.15, -0.1) is 0 Å². The highest BCUT2D eigenvalue weighted by Crippen LogP contribution is 2.29. The first-order chi connectivity index (χ1) is 11.6. The predicted molar refractivity (Wildman–Crippen MR) is 105 cm³/mol. The molecule has 1 aliphatic heterocycles. The third-order valence-corrected chi connectivity index (χ3v) is 5.20. The Hall–Kier alpha value is -1.05. The van der Waals surface area contributed by atoms with Crippen molar-refractivity contribution >= 4 is 5.90 Å². The van der Waals surface area contributed by atoms with E-state index in [1.165, 1.54) is 57.8 Å². The first-order valence-electron chi connectivity index (χ1n) is 10.2. The van der Waals surface area contributed by atoms with Crippen LogP contribution in [-0.2, 0) is 4.74 Å². The van der Waals surface area contributed by atoms with Gasteiger partial charge < -0.3 is 4.74 Å². The van der Waals surface area contributed by atoms with E-state index in [0.717, 1.165) is 30.8 Å². The van der Waals surface area contributed by atoms with E-state index in [2.05, 4.69) is 50.1 Å². The maximum Gasteiger partial charge on any atom is 0.183 e. The van der Waals surface area contributed by atoms with Gasteiger partial charge in [-0.05, 0) is 44.9 Å². The fourth-order valence-corrected chi connectivity index (χ4v) is 3.81. The molecule has 0 spiro atoms. The average molecular weight is 332 g/mol. The average Bonchev–Trinajstić information content (AvgIpc) is 2.91. The summed E-state index contributed by atoms with van der Waals surface area (Å²) in [7, 11) is 0. The first kappa shape index (κ1) is 19.3. The van der Waals surface area contributed by atoms with Crippen molar-refractivity contribution in [3.8, 4) is 0 Å². The molecule has 136 valence electrons. The molecule has 2 rings (SSSR count). The third kappa shape index (κ3) is 6.83. The van der Waals surface area contributed by atoms with Gasteiger partial charge in [0, 0.05) is 6.42 Å². The fourth-order valence-electron chi connectivity index (χ4n) is 3.81. The number of rotatable bonds is 11. The minimum atomic E-state index is 0.00766. The summed E-state index contributed by atoms with van der Waals surface area (Å²) in [4.78, 5) is 4.62. The highest BCUT2D eigenvalue weighted by atomic mass is 16.5. The van der Waals surface area contributed by atoms with Crippen molar-refractivity contribution in [3.63, 3.8) is 0 Å². The van der Waals surface area contributed by atoms with Crippen molar-refractivity contribution in [3.05, 3.63) is 24.3 Å². The Kier molecular flexibility index (Phi) is 8.08. The lowest BCUT2D eigenvalue weighted by molar-refractivity contribution is 0.273. The lowest BCUT2D eigenvalue weighted by atomic mass is 9.82. The standard InChI is InChI=1S/C22H37NO/c1-4-13-19-15-11-12-16-20(19)14-9-7-5-6-8-10-17-21-23-22(2,3)18-24-21/h11-12,15-16,19-20H,4-10,13-14,17-18H2,1-3H3. The third-order valence-electron chi connectivity index (χ3n) is 5.20. The van der Waals surface area contributed by atoms with Gasteiger partial charge in [0.15, 0.2) is 5.90 Å². The Morgan fingerprint density at radius 3 is 2.21 bits per heavy atom. The molecule has 2 nitrogen and oxygen atoms in total. The van der Waals surface area contributed by atoms with Crippen LogP contribution in [0.25, 0.3) is 0 Å². The van der Waals surface area contributed by atoms with E-state index >= 15 is 0 Å². The van der Waals surface area contributed by atoms with Crippen LogP contribution < -0.4 is 0 Å². The molecule has 0 saturated carbocycles. The van der Waals surface area contributed by atoms with Gasteiger partial charge in [0.05, 0.1) is 5.54 Å². The van der Waals surface area contributed by atoms with Crippen LogP contribution in [0.2, 0.25) is 0 Å². The Labute approximate surface area is 149 Å². The second-order valence-electron chi connectivity index (χ2n) is 8.15. The van der Waals surface area contributed by atoms with E-state index in [-0.39, 0.29) is 5.54 Å². The Bertz CT molecular complexity index is 447. The van der Waals surface area contributed by atoms with Gasteiger partial charge in [0.25, 0.3) is 0 Å². The van der Waals surface area contributed by atoms with Crippen molar-refractivity contribution in [2.24, 2.45) is 16.8 Å². The minimum absolute atomic E-state index is 0.00766. The Morgan fingerprint density at radius 1 is 0.958 bits per heavy atom. The van der Waals surface area contributed by atoms with Crippen LogP contribution in [0, 0.1) is 11.8 Å². The molecule has 2 unspecified atom stereocenters. The molecule has 0 saturated heterocycles. The molecule has 0 fully saturated rings. The van der Waals surface area contributed by atoms with Crippen molar-refractivity contribution in [2.75, 3.05) is 6.61 Å². The molecule has 0 aromatic rings. The molecular formula is C22H37NO. The monoisotopic (exact) mass is 331 g/mol. The molecular weight excluding hydrogens is 294 g/mol. The molecule has 0 N–H and O–H groups in total. The van der Waals surface area contributed by atoms with Crippen molar-refractivity contribution in [1.29, 1.82) is 0 Å². The topological polar surface area (TPSA) is 21.6 Å². The molecule has 2 atom stereocenters. The van der Waals surface area contributed by atoms with E-state index in [0.29, 0.717) is 0 Å². The molecule has 0 aromatic carbocycles. The SMILES string of the molecule is CCCC1C=CC=CC1CCCCCCCCC1=NC(C)(C)CO1. The van der Waals surface area contributed by atoms with E-state index in [4.69, 9.17) is 4.74 Å². The van der Waals surface area contributed by atoms with Crippen LogP contribution >= 0.6 is 0 Å². The van der Waals surface area contributed by atoms with Crippen LogP contribution in [0.15, 0.2) is 29.3 Å². The van der Waals surface area contributed by atoms with Crippen LogP contribution in [0.5, 0.6) is 0 Å². The van der Waals surface area contributed by atoms with Gasteiger partial charge in [-0.2, -0.15) is 0 Å². The fraction of sp³-hybridized carbons (Fsp3) is 0.773. The smallest absolute Gasteiger partial charge is 0.183 e. The molecule has 2 aliphatic rings. The van der Waals surface area contributed by atoms with Gasteiger partial charge in [-0.1, -0.05) is 69.8 Å². The van der Waals surface area contributed by atoms with Crippen molar-refractivity contribution in [1.82, 2.24) is 0 Å². The molecule has 24 heavy (non-hydrogen) atoms. The molecule has 0 aromatic heterocycles. The zero-order valence-corrected chi connectivity index (χ0v) is 16.1.